The van der Waals surface area contributed by atoms with Crippen molar-refractivity contribution < 1.29 is 135 Å². The van der Waals surface area contributed by atoms with Gasteiger partial charge in [-0.2, -0.15) is 0 Å². The zero-order valence-corrected chi connectivity index (χ0v) is 53.5. The molecule has 6 unspecified atom stereocenters. The SMILES string of the molecule is C=C1NC(=O)C(CO)=CN1[C@@H]1O[C@@](CO)(N=[N+]=[N-])C(O)[C@@H]1O.C=C1NC(=O)C(CO)=CN1[C@@H]1O[C@H](C(C)O)C(O)[C@@H]1O.C=C1NC(=O)C(CO)=CN1[C@@H]1O[C@H](CN)C(O)[C@@H]1O.C=C1NC(=O)C(CO)=CN1[C@@H]1O[C@H](CO)C(N)[C@@H]1O.C=C1NC(=O)C(CO)=CN1[C@@H]1S[C@H](CO)C(O)[C@@H]1O. The monoisotopic (exact) mass is 1430 g/mol. The van der Waals surface area contributed by atoms with Crippen LogP contribution in [-0.2, 0) is 42.9 Å². The fourth-order valence-electron chi connectivity index (χ4n) is 10.6. The lowest BCUT2D eigenvalue weighted by molar-refractivity contribution is -0.135. The van der Waals surface area contributed by atoms with Crippen LogP contribution in [0.4, 0.5) is 0 Å². The molecule has 10 aliphatic rings. The van der Waals surface area contributed by atoms with Gasteiger partial charge in [0, 0.05) is 42.5 Å². The Bertz CT molecular complexity index is 3080. The van der Waals surface area contributed by atoms with E-state index < -0.39 is 196 Å². The predicted molar refractivity (Wildman–Crippen MR) is 333 cm³/mol. The molecule has 5 fully saturated rings. The molecule has 10 aliphatic heterocycles. The molecule has 0 saturated carbocycles. The maximum atomic E-state index is 11.5. The lowest BCUT2D eigenvalue weighted by Gasteiger charge is -2.34. The number of hydrogen-bond acceptors (Lipinski definition) is 36. The number of amides is 5. The number of aliphatic hydroxyl groups excluding tert-OH is 18. The number of nitrogens with one attached hydrogen (secondary N) is 5. The van der Waals surface area contributed by atoms with Gasteiger partial charge < -0.3 is 173 Å². The lowest BCUT2D eigenvalue weighted by atomic mass is 10.1. The van der Waals surface area contributed by atoms with Gasteiger partial charge in [-0.25, -0.2) is 0 Å². The Morgan fingerprint density at radius 2 is 0.889 bits per heavy atom. The van der Waals surface area contributed by atoms with E-state index in [9.17, 15) is 80.1 Å². The number of ether oxygens (including phenoxy) is 4. The molecule has 0 spiro atoms. The largest absolute Gasteiger partial charge is 0.395 e. The summed E-state index contributed by atoms with van der Waals surface area (Å²) in [7, 11) is 0. The molecular weight excluding hydrogens is 1350 g/mol. The van der Waals surface area contributed by atoms with E-state index in [-0.39, 0.29) is 76.7 Å². The molecule has 27 N–H and O–H groups in total. The third kappa shape index (κ3) is 17.3. The van der Waals surface area contributed by atoms with Crippen molar-refractivity contribution in [1.82, 2.24) is 51.1 Å². The Balaban J connectivity index is 0.000000195. The Kier molecular flexibility index (Phi) is 28.2. The van der Waals surface area contributed by atoms with Gasteiger partial charge in [-0.1, -0.05) is 38.0 Å². The first-order valence-electron chi connectivity index (χ1n) is 29.7. The third-order valence-electron chi connectivity index (χ3n) is 16.3. The Morgan fingerprint density at radius 1 is 0.525 bits per heavy atom. The van der Waals surface area contributed by atoms with Gasteiger partial charge in [0.25, 0.3) is 29.5 Å². The summed E-state index contributed by atoms with van der Waals surface area (Å²) < 4.78 is 21.6. The molecule has 0 aromatic heterocycles. The summed E-state index contributed by atoms with van der Waals surface area (Å²) in [5, 5.41) is 186. The van der Waals surface area contributed by atoms with E-state index in [2.05, 4.69) is 69.5 Å². The highest BCUT2D eigenvalue weighted by Crippen LogP contribution is 2.40. The number of azide groups is 1. The summed E-state index contributed by atoms with van der Waals surface area (Å²) in [6.07, 6.45) is -12.2. The molecule has 550 valence electrons. The first-order valence-corrected chi connectivity index (χ1v) is 30.6. The number of thioether (sulfide) groups is 1. The van der Waals surface area contributed by atoms with Gasteiger partial charge in [-0.15, -0.1) is 11.8 Å². The van der Waals surface area contributed by atoms with Crippen molar-refractivity contribution in [1.29, 1.82) is 0 Å². The molecular formula is C56H83N15O27S. The Hall–Kier alpha value is -7.55. The molecule has 0 aromatic rings. The zero-order valence-electron chi connectivity index (χ0n) is 52.7. The molecule has 0 aromatic carbocycles. The molecule has 5 amide bonds. The summed E-state index contributed by atoms with van der Waals surface area (Å²) >= 11 is 1.19. The second-order valence-electron chi connectivity index (χ2n) is 22.8. The molecule has 0 aliphatic carbocycles. The van der Waals surface area contributed by atoms with Gasteiger partial charge in [0.05, 0.1) is 104 Å². The average molecular weight is 1430 g/mol. The van der Waals surface area contributed by atoms with Crippen molar-refractivity contribution in [2.75, 3.05) is 59.4 Å². The standard InChI is InChI=1S/C12H18N2O6.C11H15N5O6.2C11H17N3O5.C11H16N2O5S/c1-5(16)10-8(17)9(18)12(20-10)14-3-7(4-15)11(19)13-6(14)2;1-5-13-9(21)6(3-17)2-16(5)10-7(19)8(20)11(4-18,22-10)14-15-12;1-5-13-10(18)6(4-15)3-14(5)11-9(17)8(16)7(2-12)19-11;1-5-13-10(18)6(3-15)2-14(5)11-9(17)8(12)7(4-16)19-11;1-5-12-10(18)6(3-14)2-13(5)11-9(17)8(16)7(4-15)19-11/h3,5,8-10,12,15-18H,2,4H2,1H3,(H,13,19);2,7-8,10,17-20H,1,3-4H2,(H,13,21);3,7-9,11,15-17H,1-2,4,12H2,(H,13,18);2,7-9,11,15-17H,1,3-4,12H2,(H,13,18);2,7-9,11,14-17H,1,3-4H2,(H,12,18)/t5?,8?,9-,10+,12+;7-,8?,10+,11+;3*7-,8?,9+,11-/m00111/s1. The summed E-state index contributed by atoms with van der Waals surface area (Å²) in [5.41, 5.74) is 18.0. The van der Waals surface area contributed by atoms with Crippen molar-refractivity contribution in [3.63, 3.8) is 0 Å². The van der Waals surface area contributed by atoms with Crippen LogP contribution in [0.1, 0.15) is 6.92 Å². The summed E-state index contributed by atoms with van der Waals surface area (Å²) in [5.74, 6) is -1.61. The van der Waals surface area contributed by atoms with Crippen LogP contribution in [0, 0.1) is 0 Å². The second kappa shape index (κ2) is 34.7. The molecule has 0 radical (unpaired) electrons. The van der Waals surface area contributed by atoms with Gasteiger partial charge in [-0.05, 0) is 12.5 Å². The quantitative estimate of drug-likeness (QED) is 0.0388. The fourth-order valence-corrected chi connectivity index (χ4v) is 12.1. The molecule has 42 nitrogen and oxygen atoms in total. The van der Waals surface area contributed by atoms with Crippen LogP contribution < -0.4 is 38.1 Å². The number of aliphatic hydroxyl groups is 18. The summed E-state index contributed by atoms with van der Waals surface area (Å²) in [6.45, 7) is 15.8. The van der Waals surface area contributed by atoms with Crippen molar-refractivity contribution in [3.8, 4) is 0 Å². The molecule has 21 atom stereocenters. The van der Waals surface area contributed by atoms with Crippen LogP contribution in [0.2, 0.25) is 0 Å². The smallest absolute Gasteiger partial charge is 0.256 e. The van der Waals surface area contributed by atoms with Crippen molar-refractivity contribution in [2.45, 2.75) is 134 Å². The molecule has 99 heavy (non-hydrogen) atoms. The molecule has 10 rings (SSSR count). The minimum atomic E-state index is -2.06. The number of rotatable bonds is 16. The zero-order chi connectivity index (χ0) is 74.0. The van der Waals surface area contributed by atoms with Crippen LogP contribution in [0.25, 0.3) is 10.4 Å². The normalized spacial score (nSPS) is 35.4. The van der Waals surface area contributed by atoms with E-state index in [1.54, 1.807) is 0 Å². The minimum absolute atomic E-state index is 0.0214. The highest BCUT2D eigenvalue weighted by atomic mass is 32.2. The first kappa shape index (κ1) is 80.4. The average Bonchev–Trinajstić information content (AvgIpc) is 1.60. The molecule has 5 saturated heterocycles. The third-order valence-corrected chi connectivity index (χ3v) is 17.9. The van der Waals surface area contributed by atoms with E-state index >= 15 is 0 Å². The van der Waals surface area contributed by atoms with Crippen LogP contribution >= 0.6 is 11.8 Å². The highest BCUT2D eigenvalue weighted by Gasteiger charge is 2.57. The van der Waals surface area contributed by atoms with E-state index in [4.69, 9.17) is 71.7 Å². The number of carbonyl (C=O) groups is 5. The van der Waals surface area contributed by atoms with Gasteiger partial charge in [0.15, 0.2) is 24.9 Å². The maximum absolute atomic E-state index is 11.5. The molecule has 10 heterocycles. The van der Waals surface area contributed by atoms with E-state index in [1.165, 1.54) is 69.3 Å². The Labute approximate surface area is 566 Å². The van der Waals surface area contributed by atoms with Gasteiger partial charge in [-0.3, -0.25) is 24.0 Å². The van der Waals surface area contributed by atoms with Crippen LogP contribution in [0.15, 0.2) is 126 Å². The van der Waals surface area contributed by atoms with Gasteiger partial charge >= 0.3 is 0 Å². The van der Waals surface area contributed by atoms with E-state index in [0.29, 0.717) is 0 Å². The number of nitrogens with two attached hydrogens (primary N) is 2. The summed E-state index contributed by atoms with van der Waals surface area (Å²) in [6, 6.07) is -0.744. The minimum Gasteiger partial charge on any atom is -0.395 e. The van der Waals surface area contributed by atoms with Crippen LogP contribution in [-0.4, -0.2) is 332 Å². The lowest BCUT2D eigenvalue weighted by Crippen LogP contribution is -2.49. The van der Waals surface area contributed by atoms with Crippen molar-refractivity contribution in [3.05, 3.63) is 131 Å². The van der Waals surface area contributed by atoms with E-state index in [0.717, 1.165) is 4.90 Å². The van der Waals surface area contributed by atoms with Crippen LogP contribution in [0.5, 0.6) is 0 Å². The highest BCUT2D eigenvalue weighted by molar-refractivity contribution is 8.00. The number of nitrogens with zero attached hydrogens (tertiary/aromatic N) is 8. The van der Waals surface area contributed by atoms with Crippen LogP contribution in [0.3, 0.4) is 0 Å². The summed E-state index contributed by atoms with van der Waals surface area (Å²) in [4.78, 5) is 66.6. The van der Waals surface area contributed by atoms with Crippen molar-refractivity contribution >= 4 is 41.3 Å². The predicted octanol–water partition coefficient (Wildman–Crippen LogP) is -12.3. The number of hydrogen-bond donors (Lipinski definition) is 25. The Morgan fingerprint density at radius 3 is 1.21 bits per heavy atom. The van der Waals surface area contributed by atoms with Crippen molar-refractivity contribution in [2.24, 2.45) is 16.6 Å². The maximum Gasteiger partial charge on any atom is 0.256 e. The van der Waals surface area contributed by atoms with Gasteiger partial charge in [0.1, 0.15) is 102 Å². The second-order valence-corrected chi connectivity index (χ2v) is 24.1. The molecule has 0 bridgehead atoms. The van der Waals surface area contributed by atoms with Gasteiger partial charge in [0.2, 0.25) is 5.72 Å². The number of carbonyl (C=O) groups excluding carboxylic acids is 5. The fraction of sp³-hybridized carbons (Fsp3) is 0.554. The first-order chi connectivity index (χ1) is 46.7. The topological polar surface area (TPSA) is 664 Å². The molecule has 43 heteroatoms. The van der Waals surface area contributed by atoms with E-state index in [1.807, 2.05) is 0 Å².